The van der Waals surface area contributed by atoms with Crippen LogP contribution in [0.1, 0.15) is 29.8 Å². The second kappa shape index (κ2) is 9.69. The van der Waals surface area contributed by atoms with Crippen molar-refractivity contribution in [2.75, 3.05) is 20.3 Å². The first kappa shape index (κ1) is 20.3. The van der Waals surface area contributed by atoms with Gasteiger partial charge in [-0.2, -0.15) is 4.68 Å². The zero-order chi connectivity index (χ0) is 20.8. The van der Waals surface area contributed by atoms with Crippen molar-refractivity contribution in [3.8, 4) is 17.2 Å². The smallest absolute Gasteiger partial charge is 0.194 e. The molecule has 158 valence electrons. The molecule has 0 bridgehead atoms. The average molecular weight is 409 g/mol. The molecule has 1 aliphatic heterocycles. The minimum Gasteiger partial charge on any atom is -0.493 e. The SMILES string of the molecule is COc1cc(CNC[C@H]2CCCO2)ccc1OCc1nnnn1-c1ccc(C)cc1. The van der Waals surface area contributed by atoms with Crippen LogP contribution in [0.4, 0.5) is 0 Å². The summed E-state index contributed by atoms with van der Waals surface area (Å²) in [7, 11) is 1.64. The van der Waals surface area contributed by atoms with Gasteiger partial charge < -0.3 is 19.5 Å². The van der Waals surface area contributed by atoms with Gasteiger partial charge in [-0.25, -0.2) is 0 Å². The van der Waals surface area contributed by atoms with Crippen LogP contribution in [-0.2, 0) is 17.9 Å². The highest BCUT2D eigenvalue weighted by molar-refractivity contribution is 5.43. The minimum atomic E-state index is 0.230. The summed E-state index contributed by atoms with van der Waals surface area (Å²) >= 11 is 0. The van der Waals surface area contributed by atoms with Crippen molar-refractivity contribution in [1.29, 1.82) is 0 Å². The van der Waals surface area contributed by atoms with Crippen LogP contribution in [-0.4, -0.2) is 46.6 Å². The van der Waals surface area contributed by atoms with Gasteiger partial charge in [0.2, 0.25) is 0 Å². The molecule has 2 heterocycles. The Bertz CT molecular complexity index is 952. The molecular weight excluding hydrogens is 382 g/mol. The van der Waals surface area contributed by atoms with E-state index in [9.17, 15) is 0 Å². The molecule has 3 aromatic rings. The van der Waals surface area contributed by atoms with E-state index in [1.165, 1.54) is 5.56 Å². The molecule has 0 unspecified atom stereocenters. The van der Waals surface area contributed by atoms with Crippen LogP contribution in [0.2, 0.25) is 0 Å². The average Bonchev–Trinajstić information content (AvgIpc) is 3.45. The zero-order valence-corrected chi connectivity index (χ0v) is 17.4. The Morgan fingerprint density at radius 1 is 1.17 bits per heavy atom. The fourth-order valence-electron chi connectivity index (χ4n) is 3.45. The first-order chi connectivity index (χ1) is 14.7. The van der Waals surface area contributed by atoms with Crippen molar-refractivity contribution in [1.82, 2.24) is 25.5 Å². The fraction of sp³-hybridized carbons (Fsp3) is 0.409. The van der Waals surface area contributed by atoms with E-state index in [0.29, 0.717) is 23.4 Å². The highest BCUT2D eigenvalue weighted by Gasteiger charge is 2.15. The number of aromatic nitrogens is 4. The van der Waals surface area contributed by atoms with E-state index < -0.39 is 0 Å². The van der Waals surface area contributed by atoms with Gasteiger partial charge in [-0.05, 0) is 60.0 Å². The van der Waals surface area contributed by atoms with Crippen LogP contribution in [0.5, 0.6) is 11.5 Å². The molecule has 0 spiro atoms. The Labute approximate surface area is 176 Å². The summed E-state index contributed by atoms with van der Waals surface area (Å²) < 4.78 is 18.8. The predicted octanol–water partition coefficient (Wildman–Crippen LogP) is 2.83. The van der Waals surface area contributed by atoms with Gasteiger partial charge in [-0.3, -0.25) is 0 Å². The molecule has 1 saturated heterocycles. The summed E-state index contributed by atoms with van der Waals surface area (Å²) in [5.41, 5.74) is 3.20. The van der Waals surface area contributed by atoms with Crippen LogP contribution in [0.25, 0.3) is 5.69 Å². The summed E-state index contributed by atoms with van der Waals surface area (Å²) in [5, 5.41) is 15.4. The zero-order valence-electron chi connectivity index (χ0n) is 17.4. The third kappa shape index (κ3) is 4.95. The molecule has 1 aromatic heterocycles. The number of benzene rings is 2. The van der Waals surface area contributed by atoms with Crippen LogP contribution in [0, 0.1) is 6.92 Å². The third-order valence-electron chi connectivity index (χ3n) is 5.12. The van der Waals surface area contributed by atoms with Crippen molar-refractivity contribution in [2.45, 2.75) is 39.0 Å². The van der Waals surface area contributed by atoms with Gasteiger partial charge in [0.05, 0.1) is 18.9 Å². The Kier molecular flexibility index (Phi) is 6.56. The van der Waals surface area contributed by atoms with E-state index in [1.807, 2.05) is 49.4 Å². The molecule has 0 radical (unpaired) electrons. The first-order valence-corrected chi connectivity index (χ1v) is 10.2. The molecular formula is C22H27N5O3. The van der Waals surface area contributed by atoms with Gasteiger partial charge in [0.1, 0.15) is 0 Å². The lowest BCUT2D eigenvalue weighted by molar-refractivity contribution is 0.110. The number of aryl methyl sites for hydroxylation is 1. The van der Waals surface area contributed by atoms with Crippen LogP contribution >= 0.6 is 0 Å². The number of hydrogen-bond acceptors (Lipinski definition) is 7. The van der Waals surface area contributed by atoms with Gasteiger partial charge in [0.15, 0.2) is 23.9 Å². The lowest BCUT2D eigenvalue weighted by atomic mass is 10.2. The standard InChI is InChI=1S/C22H27N5O3/c1-16-5-8-18(9-6-16)27-22(24-25-26-27)15-30-20-10-7-17(12-21(20)28-2)13-23-14-19-4-3-11-29-19/h5-10,12,19,23H,3-4,11,13-15H2,1-2H3/t19-/m1/s1. The maximum Gasteiger partial charge on any atom is 0.194 e. The molecule has 1 fully saturated rings. The maximum absolute atomic E-state index is 5.97. The van der Waals surface area contributed by atoms with E-state index in [-0.39, 0.29) is 6.61 Å². The van der Waals surface area contributed by atoms with Gasteiger partial charge >= 0.3 is 0 Å². The molecule has 0 amide bonds. The van der Waals surface area contributed by atoms with Crippen molar-refractivity contribution in [3.05, 3.63) is 59.4 Å². The lowest BCUT2D eigenvalue weighted by Gasteiger charge is -2.14. The van der Waals surface area contributed by atoms with Gasteiger partial charge in [-0.15, -0.1) is 5.10 Å². The Balaban J connectivity index is 1.37. The molecule has 30 heavy (non-hydrogen) atoms. The molecule has 8 nitrogen and oxygen atoms in total. The largest absolute Gasteiger partial charge is 0.493 e. The number of nitrogens with zero attached hydrogens (tertiary/aromatic N) is 4. The second-order valence-electron chi connectivity index (χ2n) is 7.38. The van der Waals surface area contributed by atoms with Crippen LogP contribution < -0.4 is 14.8 Å². The van der Waals surface area contributed by atoms with Crippen molar-refractivity contribution in [3.63, 3.8) is 0 Å². The fourth-order valence-corrected chi connectivity index (χ4v) is 3.45. The van der Waals surface area contributed by atoms with Crippen molar-refractivity contribution in [2.24, 2.45) is 0 Å². The Hall–Kier alpha value is -2.97. The number of methoxy groups -OCH3 is 1. The molecule has 2 aromatic carbocycles. The number of hydrogen-bond donors (Lipinski definition) is 1. The van der Waals surface area contributed by atoms with E-state index in [4.69, 9.17) is 14.2 Å². The van der Waals surface area contributed by atoms with E-state index in [2.05, 4.69) is 20.8 Å². The molecule has 4 rings (SSSR count). The quantitative estimate of drug-likeness (QED) is 0.582. The summed E-state index contributed by atoms with van der Waals surface area (Å²) in [6, 6.07) is 13.9. The van der Waals surface area contributed by atoms with Gasteiger partial charge in [0.25, 0.3) is 0 Å². The molecule has 0 aliphatic carbocycles. The number of nitrogens with one attached hydrogen (secondary N) is 1. The maximum atomic E-state index is 5.97. The lowest BCUT2D eigenvalue weighted by Crippen LogP contribution is -2.25. The molecule has 8 heteroatoms. The monoisotopic (exact) mass is 409 g/mol. The van der Waals surface area contributed by atoms with Gasteiger partial charge in [-0.1, -0.05) is 23.8 Å². The molecule has 1 atom stereocenters. The number of tetrazole rings is 1. The van der Waals surface area contributed by atoms with Crippen molar-refractivity contribution >= 4 is 0 Å². The van der Waals surface area contributed by atoms with E-state index >= 15 is 0 Å². The molecule has 0 saturated carbocycles. The summed E-state index contributed by atoms with van der Waals surface area (Å²) in [6.45, 7) is 4.76. The second-order valence-corrected chi connectivity index (χ2v) is 7.38. The van der Waals surface area contributed by atoms with Crippen LogP contribution in [0.15, 0.2) is 42.5 Å². The Morgan fingerprint density at radius 3 is 2.80 bits per heavy atom. The topological polar surface area (TPSA) is 83.3 Å². The highest BCUT2D eigenvalue weighted by Crippen LogP contribution is 2.29. The van der Waals surface area contributed by atoms with E-state index in [0.717, 1.165) is 43.8 Å². The predicted molar refractivity (Wildman–Crippen MR) is 112 cm³/mol. The number of rotatable bonds is 9. The summed E-state index contributed by atoms with van der Waals surface area (Å²) in [4.78, 5) is 0. The molecule has 1 N–H and O–H groups in total. The molecule has 1 aliphatic rings. The third-order valence-corrected chi connectivity index (χ3v) is 5.12. The minimum absolute atomic E-state index is 0.230. The summed E-state index contributed by atoms with van der Waals surface area (Å²) in [5.74, 6) is 1.95. The first-order valence-electron chi connectivity index (χ1n) is 10.2. The normalized spacial score (nSPS) is 16.0. The summed E-state index contributed by atoms with van der Waals surface area (Å²) in [6.07, 6.45) is 2.61. The van der Waals surface area contributed by atoms with Crippen molar-refractivity contribution < 1.29 is 14.2 Å². The van der Waals surface area contributed by atoms with Crippen LogP contribution in [0.3, 0.4) is 0 Å². The van der Waals surface area contributed by atoms with Gasteiger partial charge in [0, 0.05) is 19.7 Å². The number of ether oxygens (including phenoxy) is 3. The Morgan fingerprint density at radius 2 is 2.03 bits per heavy atom. The van der Waals surface area contributed by atoms with E-state index in [1.54, 1.807) is 11.8 Å². The highest BCUT2D eigenvalue weighted by atomic mass is 16.5.